The molecule has 0 aromatic carbocycles. The van der Waals surface area contributed by atoms with Crippen molar-refractivity contribution in [3.8, 4) is 0 Å². The number of likely N-dealkylation sites (N-methyl/N-ethyl adjacent to an activating group) is 1. The Morgan fingerprint density at radius 3 is 2.63 bits per heavy atom. The highest BCUT2D eigenvalue weighted by molar-refractivity contribution is 7.18. The zero-order valence-electron chi connectivity index (χ0n) is 11.4. The van der Waals surface area contributed by atoms with Crippen molar-refractivity contribution in [2.75, 3.05) is 43.4 Å². The van der Waals surface area contributed by atoms with E-state index in [9.17, 15) is 4.79 Å². The molecule has 5 heteroatoms. The van der Waals surface area contributed by atoms with E-state index in [4.69, 9.17) is 5.73 Å². The zero-order chi connectivity index (χ0) is 13.4. The fourth-order valence-electron chi connectivity index (χ4n) is 2.56. The van der Waals surface area contributed by atoms with E-state index in [1.807, 2.05) is 6.07 Å². The van der Waals surface area contributed by atoms with Gasteiger partial charge in [0.1, 0.15) is 0 Å². The summed E-state index contributed by atoms with van der Waals surface area (Å²) in [6.45, 7) is 7.58. The lowest BCUT2D eigenvalue weighted by atomic mass is 10.2. The number of Topliss-reactive ketones (excluding diaryl/α,β-unsaturated/α-hetero) is 1. The molecule has 0 unspecified atom stereocenters. The molecule has 3 rings (SSSR count). The predicted octanol–water partition coefficient (Wildman–Crippen LogP) is 2.06. The molecular weight excluding hydrogens is 258 g/mol. The van der Waals surface area contributed by atoms with E-state index in [1.54, 1.807) is 11.3 Å². The molecule has 0 amide bonds. The summed E-state index contributed by atoms with van der Waals surface area (Å²) < 4.78 is 0. The molecule has 1 aliphatic heterocycles. The van der Waals surface area contributed by atoms with E-state index in [2.05, 4.69) is 16.7 Å². The number of piperazine rings is 1. The summed E-state index contributed by atoms with van der Waals surface area (Å²) in [5, 5.41) is 1.16. The third-order valence-corrected chi connectivity index (χ3v) is 5.28. The number of ketones is 1. The summed E-state index contributed by atoms with van der Waals surface area (Å²) in [7, 11) is 0. The first kappa shape index (κ1) is 12.9. The zero-order valence-corrected chi connectivity index (χ0v) is 12.2. The minimum Gasteiger partial charge on any atom is -0.397 e. The third kappa shape index (κ3) is 2.62. The lowest BCUT2D eigenvalue weighted by Gasteiger charge is -2.34. The summed E-state index contributed by atoms with van der Waals surface area (Å²) in [5.41, 5.74) is 6.70. The van der Waals surface area contributed by atoms with Crippen LogP contribution in [0.1, 0.15) is 29.4 Å². The fourth-order valence-corrected chi connectivity index (χ4v) is 3.71. The second kappa shape index (κ2) is 5.13. The number of nitrogen functional groups attached to an aromatic ring is 1. The quantitative estimate of drug-likeness (QED) is 0.857. The molecule has 0 radical (unpaired) electrons. The SMILES string of the molecule is CCN1CCN(c2cc(N)c(C(=O)C3CC3)s2)CC1. The Morgan fingerprint density at radius 2 is 2.05 bits per heavy atom. The van der Waals surface area contributed by atoms with Gasteiger partial charge in [-0.15, -0.1) is 11.3 Å². The van der Waals surface area contributed by atoms with E-state index in [0.717, 1.165) is 55.4 Å². The van der Waals surface area contributed by atoms with E-state index in [-0.39, 0.29) is 11.7 Å². The second-order valence-corrected chi connectivity index (χ2v) is 6.46. The molecule has 1 aromatic rings. The molecule has 0 spiro atoms. The largest absolute Gasteiger partial charge is 0.397 e. The number of hydrogen-bond donors (Lipinski definition) is 1. The molecule has 1 saturated heterocycles. The van der Waals surface area contributed by atoms with E-state index in [1.165, 1.54) is 0 Å². The van der Waals surface area contributed by atoms with Crippen molar-refractivity contribution in [3.05, 3.63) is 10.9 Å². The van der Waals surface area contributed by atoms with Crippen molar-refractivity contribution >= 4 is 27.8 Å². The lowest BCUT2D eigenvalue weighted by Crippen LogP contribution is -2.45. The van der Waals surface area contributed by atoms with Crippen LogP contribution >= 0.6 is 11.3 Å². The minimum atomic E-state index is 0.255. The Kier molecular flexibility index (Phi) is 3.50. The molecule has 2 heterocycles. The minimum absolute atomic E-state index is 0.255. The Morgan fingerprint density at radius 1 is 1.37 bits per heavy atom. The Hall–Kier alpha value is -1.07. The molecule has 0 bridgehead atoms. The molecule has 1 saturated carbocycles. The maximum atomic E-state index is 12.1. The van der Waals surface area contributed by atoms with Gasteiger partial charge in [-0.05, 0) is 25.5 Å². The number of nitrogens with zero attached hydrogens (tertiary/aromatic N) is 2. The Balaban J connectivity index is 1.71. The number of nitrogens with two attached hydrogens (primary N) is 1. The molecule has 4 nitrogen and oxygen atoms in total. The standard InChI is InChI=1S/C14H21N3OS/c1-2-16-5-7-17(8-6-16)12-9-11(15)14(19-12)13(18)10-3-4-10/h9-10H,2-8,15H2,1H3. The molecule has 0 atom stereocenters. The number of rotatable bonds is 4. The maximum absolute atomic E-state index is 12.1. The first-order valence-corrected chi connectivity index (χ1v) is 7.91. The van der Waals surface area contributed by atoms with Gasteiger partial charge < -0.3 is 15.5 Å². The molecule has 19 heavy (non-hydrogen) atoms. The molecule has 2 fully saturated rings. The van der Waals surface area contributed by atoms with E-state index < -0.39 is 0 Å². The average Bonchev–Trinajstić information content (AvgIpc) is 3.21. The predicted molar refractivity (Wildman–Crippen MR) is 80.1 cm³/mol. The van der Waals surface area contributed by atoms with Crippen LogP contribution < -0.4 is 10.6 Å². The van der Waals surface area contributed by atoms with Crippen LogP contribution in [0, 0.1) is 5.92 Å². The van der Waals surface area contributed by atoms with Crippen LogP contribution in [0.15, 0.2) is 6.07 Å². The Bertz CT molecular complexity index is 473. The summed E-state index contributed by atoms with van der Waals surface area (Å²) in [6.07, 6.45) is 2.08. The van der Waals surface area contributed by atoms with Gasteiger partial charge in [-0.2, -0.15) is 0 Å². The van der Waals surface area contributed by atoms with Gasteiger partial charge in [-0.1, -0.05) is 6.92 Å². The molecule has 2 aliphatic rings. The van der Waals surface area contributed by atoms with E-state index >= 15 is 0 Å². The van der Waals surface area contributed by atoms with Gasteiger partial charge in [0.05, 0.1) is 15.6 Å². The second-order valence-electron chi connectivity index (χ2n) is 5.43. The topological polar surface area (TPSA) is 49.6 Å². The normalized spacial score (nSPS) is 20.8. The van der Waals surface area contributed by atoms with Gasteiger partial charge in [-0.3, -0.25) is 4.79 Å². The summed E-state index contributed by atoms with van der Waals surface area (Å²) in [6, 6.07) is 1.99. The van der Waals surface area contributed by atoms with Crippen molar-refractivity contribution in [1.29, 1.82) is 0 Å². The number of thiophene rings is 1. The van der Waals surface area contributed by atoms with E-state index in [0.29, 0.717) is 5.69 Å². The summed E-state index contributed by atoms with van der Waals surface area (Å²) in [4.78, 5) is 17.7. The van der Waals surface area contributed by atoms with Crippen molar-refractivity contribution in [1.82, 2.24) is 4.90 Å². The van der Waals surface area contributed by atoms with Gasteiger partial charge in [0.25, 0.3) is 0 Å². The highest BCUT2D eigenvalue weighted by atomic mass is 32.1. The van der Waals surface area contributed by atoms with Crippen molar-refractivity contribution in [3.63, 3.8) is 0 Å². The van der Waals surface area contributed by atoms with Gasteiger partial charge in [-0.25, -0.2) is 0 Å². The number of anilines is 2. The fraction of sp³-hybridized carbons (Fsp3) is 0.643. The molecule has 2 N–H and O–H groups in total. The van der Waals surface area contributed by atoms with Crippen LogP contribution in [0.2, 0.25) is 0 Å². The van der Waals surface area contributed by atoms with Gasteiger partial charge in [0, 0.05) is 32.1 Å². The molecule has 104 valence electrons. The maximum Gasteiger partial charge on any atom is 0.178 e. The van der Waals surface area contributed by atoms with Crippen LogP contribution in [0.25, 0.3) is 0 Å². The first-order valence-electron chi connectivity index (χ1n) is 7.10. The summed E-state index contributed by atoms with van der Waals surface area (Å²) in [5.74, 6) is 0.520. The summed E-state index contributed by atoms with van der Waals surface area (Å²) >= 11 is 1.58. The number of carbonyl (C=O) groups excluding carboxylic acids is 1. The van der Waals surface area contributed by atoms with Gasteiger partial charge in [0.15, 0.2) is 5.78 Å². The average molecular weight is 279 g/mol. The molecular formula is C14H21N3OS. The van der Waals surface area contributed by atoms with Crippen molar-refractivity contribution in [2.24, 2.45) is 5.92 Å². The van der Waals surface area contributed by atoms with Crippen LogP contribution in [-0.4, -0.2) is 43.4 Å². The lowest BCUT2D eigenvalue weighted by molar-refractivity contribution is 0.0972. The molecule has 1 aromatic heterocycles. The molecule has 1 aliphatic carbocycles. The number of carbonyl (C=O) groups is 1. The van der Waals surface area contributed by atoms with Crippen LogP contribution in [-0.2, 0) is 0 Å². The van der Waals surface area contributed by atoms with Crippen LogP contribution in [0.3, 0.4) is 0 Å². The van der Waals surface area contributed by atoms with Crippen molar-refractivity contribution in [2.45, 2.75) is 19.8 Å². The third-order valence-electron chi connectivity index (χ3n) is 4.05. The van der Waals surface area contributed by atoms with Gasteiger partial charge >= 0.3 is 0 Å². The van der Waals surface area contributed by atoms with Crippen LogP contribution in [0.4, 0.5) is 10.7 Å². The Labute approximate surface area is 118 Å². The smallest absolute Gasteiger partial charge is 0.178 e. The number of hydrogen-bond acceptors (Lipinski definition) is 5. The first-order chi connectivity index (χ1) is 9.19. The van der Waals surface area contributed by atoms with Gasteiger partial charge in [0.2, 0.25) is 0 Å². The monoisotopic (exact) mass is 279 g/mol. The van der Waals surface area contributed by atoms with Crippen molar-refractivity contribution < 1.29 is 4.79 Å². The highest BCUT2D eigenvalue weighted by Gasteiger charge is 2.33. The van der Waals surface area contributed by atoms with Crippen LogP contribution in [0.5, 0.6) is 0 Å². The highest BCUT2D eigenvalue weighted by Crippen LogP contribution is 2.39.